The van der Waals surface area contributed by atoms with Gasteiger partial charge in [-0.15, -0.1) is 11.3 Å². The van der Waals surface area contributed by atoms with E-state index in [-0.39, 0.29) is 18.0 Å². The van der Waals surface area contributed by atoms with Crippen molar-refractivity contribution in [2.75, 3.05) is 13.6 Å². The molecule has 0 saturated heterocycles. The molecule has 0 aromatic carbocycles. The van der Waals surface area contributed by atoms with Gasteiger partial charge in [-0.05, 0) is 29.1 Å². The summed E-state index contributed by atoms with van der Waals surface area (Å²) in [5.41, 5.74) is 2.48. The van der Waals surface area contributed by atoms with Gasteiger partial charge in [-0.2, -0.15) is 0 Å². The van der Waals surface area contributed by atoms with Crippen LogP contribution in [0.4, 0.5) is 4.79 Å². The fourth-order valence-corrected chi connectivity index (χ4v) is 3.91. The van der Waals surface area contributed by atoms with E-state index in [0.717, 1.165) is 16.1 Å². The Kier molecular flexibility index (Phi) is 3.57. The predicted molar refractivity (Wildman–Crippen MR) is 90.0 cm³/mol. The van der Waals surface area contributed by atoms with E-state index in [1.807, 2.05) is 29.6 Å². The average molecular weight is 340 g/mol. The van der Waals surface area contributed by atoms with E-state index < -0.39 is 0 Å². The Balaban J connectivity index is 1.67. The Morgan fingerprint density at radius 2 is 2.08 bits per heavy atom. The minimum absolute atomic E-state index is 0.0212. The van der Waals surface area contributed by atoms with Crippen molar-refractivity contribution in [1.82, 2.24) is 20.1 Å². The highest BCUT2D eigenvalue weighted by Gasteiger charge is 2.43. The van der Waals surface area contributed by atoms with Crippen LogP contribution in [0.15, 0.2) is 53.3 Å². The molecular weight excluding hydrogens is 324 g/mol. The molecule has 1 atom stereocenters. The number of hydrogen-bond acceptors (Lipinski definition) is 4. The number of likely N-dealkylation sites (N-methyl/N-ethyl adjacent to an activating group) is 1. The maximum absolute atomic E-state index is 13.0. The van der Waals surface area contributed by atoms with Crippen LogP contribution in [0.3, 0.4) is 0 Å². The summed E-state index contributed by atoms with van der Waals surface area (Å²) in [5, 5.41) is 4.89. The Morgan fingerprint density at radius 1 is 1.29 bits per heavy atom. The molecule has 2 aliphatic rings. The van der Waals surface area contributed by atoms with E-state index in [1.54, 1.807) is 40.6 Å². The predicted octanol–water partition coefficient (Wildman–Crippen LogP) is 2.14. The van der Waals surface area contributed by atoms with Crippen molar-refractivity contribution in [1.29, 1.82) is 0 Å². The summed E-state index contributed by atoms with van der Waals surface area (Å²) in [5.74, 6) is -0.0212. The second kappa shape index (κ2) is 5.76. The average Bonchev–Trinajstić information content (AvgIpc) is 3.22. The van der Waals surface area contributed by atoms with Gasteiger partial charge in [0.1, 0.15) is 0 Å². The van der Waals surface area contributed by atoms with Crippen LogP contribution < -0.4 is 5.32 Å². The maximum Gasteiger partial charge on any atom is 0.322 e. The van der Waals surface area contributed by atoms with Crippen LogP contribution in [0.2, 0.25) is 0 Å². The van der Waals surface area contributed by atoms with Crippen molar-refractivity contribution in [3.05, 3.63) is 63.7 Å². The molecule has 0 fully saturated rings. The highest BCUT2D eigenvalue weighted by molar-refractivity contribution is 7.10. The van der Waals surface area contributed by atoms with E-state index >= 15 is 0 Å². The molecule has 24 heavy (non-hydrogen) atoms. The minimum Gasteiger partial charge on any atom is -0.329 e. The number of amides is 3. The first-order valence-electron chi connectivity index (χ1n) is 7.64. The number of carbonyl (C=O) groups is 2. The van der Waals surface area contributed by atoms with Crippen molar-refractivity contribution in [3.8, 4) is 0 Å². The highest BCUT2D eigenvalue weighted by Crippen LogP contribution is 2.37. The number of pyridine rings is 1. The molecule has 122 valence electrons. The lowest BCUT2D eigenvalue weighted by Gasteiger charge is -2.30. The Hall–Kier alpha value is -2.67. The highest BCUT2D eigenvalue weighted by atomic mass is 32.1. The molecule has 0 spiro atoms. The lowest BCUT2D eigenvalue weighted by molar-refractivity contribution is -0.126. The minimum atomic E-state index is -0.362. The van der Waals surface area contributed by atoms with E-state index in [4.69, 9.17) is 0 Å². The van der Waals surface area contributed by atoms with Crippen LogP contribution in [0, 0.1) is 0 Å². The molecule has 4 rings (SSSR count). The van der Waals surface area contributed by atoms with Crippen LogP contribution in [0.25, 0.3) is 0 Å². The molecule has 4 heterocycles. The number of thiophene rings is 1. The summed E-state index contributed by atoms with van der Waals surface area (Å²) in [6.07, 6.45) is 3.43. The van der Waals surface area contributed by atoms with Crippen molar-refractivity contribution >= 4 is 23.3 Å². The van der Waals surface area contributed by atoms with Gasteiger partial charge in [0.2, 0.25) is 0 Å². The Morgan fingerprint density at radius 3 is 2.79 bits per heavy atom. The summed E-state index contributed by atoms with van der Waals surface area (Å²) < 4.78 is 0. The van der Waals surface area contributed by atoms with E-state index in [1.165, 1.54) is 0 Å². The second-order valence-corrected chi connectivity index (χ2v) is 6.81. The number of hydrogen-bond donors (Lipinski definition) is 1. The Labute approximate surface area is 143 Å². The Bertz CT molecular complexity index is 816. The van der Waals surface area contributed by atoms with Gasteiger partial charge in [0.05, 0.1) is 23.9 Å². The molecule has 6 nitrogen and oxygen atoms in total. The molecule has 0 aliphatic carbocycles. The standard InChI is InChI=1S/C17H16N4O2S/c1-20-12-10-21(9-11-4-6-18-7-5-11)16(22)14(12)15(19-17(20)23)13-3-2-8-24-13/h2-8,15H,9-10H2,1H3,(H,19,23). The molecule has 7 heteroatoms. The van der Waals surface area contributed by atoms with Gasteiger partial charge in [-0.1, -0.05) is 6.07 Å². The van der Waals surface area contributed by atoms with Gasteiger partial charge in [0.15, 0.2) is 0 Å². The first-order chi connectivity index (χ1) is 11.6. The lowest BCUT2D eigenvalue weighted by Crippen LogP contribution is -2.45. The molecule has 0 saturated carbocycles. The van der Waals surface area contributed by atoms with Gasteiger partial charge in [0, 0.05) is 30.9 Å². The molecule has 3 amide bonds. The second-order valence-electron chi connectivity index (χ2n) is 5.83. The van der Waals surface area contributed by atoms with E-state index in [0.29, 0.717) is 18.7 Å². The van der Waals surface area contributed by atoms with Gasteiger partial charge >= 0.3 is 6.03 Å². The number of urea groups is 1. The number of carbonyl (C=O) groups excluding carboxylic acids is 2. The van der Waals surface area contributed by atoms with Crippen LogP contribution in [0.5, 0.6) is 0 Å². The zero-order valence-corrected chi connectivity index (χ0v) is 13.9. The van der Waals surface area contributed by atoms with Crippen molar-refractivity contribution in [3.63, 3.8) is 0 Å². The summed E-state index contributed by atoms with van der Waals surface area (Å²) in [6, 6.07) is 7.14. The van der Waals surface area contributed by atoms with Crippen LogP contribution in [-0.4, -0.2) is 40.3 Å². The summed E-state index contributed by atoms with van der Waals surface area (Å²) in [6.45, 7) is 0.954. The molecule has 2 aromatic heterocycles. The molecule has 2 aromatic rings. The first kappa shape index (κ1) is 14.9. The van der Waals surface area contributed by atoms with Gasteiger partial charge in [0.25, 0.3) is 5.91 Å². The van der Waals surface area contributed by atoms with Gasteiger partial charge in [-0.25, -0.2) is 4.79 Å². The number of nitrogens with zero attached hydrogens (tertiary/aromatic N) is 3. The topological polar surface area (TPSA) is 65.5 Å². The van der Waals surface area contributed by atoms with Gasteiger partial charge < -0.3 is 10.2 Å². The molecule has 2 aliphatic heterocycles. The molecule has 1 N–H and O–H groups in total. The molecule has 1 unspecified atom stereocenters. The maximum atomic E-state index is 13.0. The van der Waals surface area contributed by atoms with Crippen molar-refractivity contribution in [2.24, 2.45) is 0 Å². The monoisotopic (exact) mass is 340 g/mol. The van der Waals surface area contributed by atoms with Crippen LogP contribution >= 0.6 is 11.3 Å². The van der Waals surface area contributed by atoms with Crippen molar-refractivity contribution < 1.29 is 9.59 Å². The summed E-state index contributed by atoms with van der Waals surface area (Å²) >= 11 is 1.54. The fraction of sp³-hybridized carbons (Fsp3) is 0.235. The normalized spacial score (nSPS) is 20.5. The smallest absolute Gasteiger partial charge is 0.322 e. The molecular formula is C17H16N4O2S. The summed E-state index contributed by atoms with van der Waals surface area (Å²) in [4.78, 5) is 33.5. The molecule has 0 radical (unpaired) electrons. The number of rotatable bonds is 3. The third-order valence-corrected chi connectivity index (χ3v) is 5.32. The molecule has 0 bridgehead atoms. The third kappa shape index (κ3) is 2.37. The van der Waals surface area contributed by atoms with E-state index in [2.05, 4.69) is 10.3 Å². The van der Waals surface area contributed by atoms with Crippen LogP contribution in [0.1, 0.15) is 16.5 Å². The third-order valence-electron chi connectivity index (χ3n) is 4.39. The quantitative estimate of drug-likeness (QED) is 0.931. The van der Waals surface area contributed by atoms with Gasteiger partial charge in [-0.3, -0.25) is 14.7 Å². The van der Waals surface area contributed by atoms with E-state index in [9.17, 15) is 9.59 Å². The van der Waals surface area contributed by atoms with Crippen LogP contribution in [-0.2, 0) is 11.3 Å². The van der Waals surface area contributed by atoms with Crippen molar-refractivity contribution in [2.45, 2.75) is 12.6 Å². The largest absolute Gasteiger partial charge is 0.329 e. The number of nitrogens with one attached hydrogen (secondary N) is 1. The number of aromatic nitrogens is 1. The zero-order valence-electron chi connectivity index (χ0n) is 13.1. The fourth-order valence-electron chi connectivity index (χ4n) is 3.13. The lowest BCUT2D eigenvalue weighted by atomic mass is 10.0. The zero-order chi connectivity index (χ0) is 16.7. The summed E-state index contributed by atoms with van der Waals surface area (Å²) in [7, 11) is 1.71. The first-order valence-corrected chi connectivity index (χ1v) is 8.52. The SMILES string of the molecule is CN1C(=O)NC(c2cccs2)C2=C1CN(Cc1ccncc1)C2=O.